The lowest BCUT2D eigenvalue weighted by molar-refractivity contribution is 0.0172. The molecule has 2 aromatic heterocycles. The number of benzene rings is 2. The van der Waals surface area contributed by atoms with E-state index >= 15 is 0 Å². The number of rotatable bonds is 6. The first-order chi connectivity index (χ1) is 20.7. The summed E-state index contributed by atoms with van der Waals surface area (Å²) in [5.74, 6) is 1.88. The third-order valence-corrected chi connectivity index (χ3v) is 7.68. The highest BCUT2D eigenvalue weighted by molar-refractivity contribution is 5.95. The minimum absolute atomic E-state index is 0.192. The van der Waals surface area contributed by atoms with Gasteiger partial charge in [0, 0.05) is 47.9 Å². The topological polar surface area (TPSA) is 134 Å². The highest BCUT2D eigenvalue weighted by Gasteiger charge is 2.41. The summed E-state index contributed by atoms with van der Waals surface area (Å²) in [6, 6.07) is 18.6. The van der Waals surface area contributed by atoms with E-state index in [4.69, 9.17) is 9.47 Å². The number of fused-ring (bicyclic) bond motifs is 1. The van der Waals surface area contributed by atoms with Gasteiger partial charge >= 0.3 is 6.09 Å². The Labute approximate surface area is 250 Å². The number of likely N-dealkylation sites (tertiary alicyclic amines) is 1. The maximum atomic E-state index is 13.3. The molecule has 43 heavy (non-hydrogen) atoms. The Hall–Kier alpha value is -4.93. The molecule has 6 rings (SSSR count). The molecule has 1 fully saturated rings. The van der Waals surface area contributed by atoms with Crippen LogP contribution in [0, 0.1) is 0 Å². The minimum atomic E-state index is -0.676. The summed E-state index contributed by atoms with van der Waals surface area (Å²) < 4.78 is 11.4. The first-order valence-electron chi connectivity index (χ1n) is 14.4. The molecule has 2 aliphatic heterocycles. The van der Waals surface area contributed by atoms with E-state index in [-0.39, 0.29) is 18.0 Å². The average molecular weight is 582 g/mol. The molecule has 0 bridgehead atoms. The van der Waals surface area contributed by atoms with Crippen LogP contribution in [0.3, 0.4) is 0 Å². The van der Waals surface area contributed by atoms with Crippen LogP contribution in [0.15, 0.2) is 73.1 Å². The number of carbonyl (C=O) groups excluding carboxylic acids is 2. The van der Waals surface area contributed by atoms with Gasteiger partial charge in [0.15, 0.2) is 11.6 Å². The predicted octanol–water partition coefficient (Wildman–Crippen LogP) is 5.07. The maximum Gasteiger partial charge on any atom is 0.410 e. The summed E-state index contributed by atoms with van der Waals surface area (Å²) in [4.78, 5) is 35.4. The second-order valence-electron chi connectivity index (χ2n) is 11.9. The maximum absolute atomic E-state index is 13.3. The SMILES string of the molecule is CC(C)(C)OC(=O)N1CCC(Nc2cccc(C(=O)N[C@H]3COc4ccccc43)c2)(c2nnc(-c3ccncc3)[nH]2)CC1. The van der Waals surface area contributed by atoms with Gasteiger partial charge < -0.3 is 30.0 Å². The van der Waals surface area contributed by atoms with Gasteiger partial charge in [-0.25, -0.2) is 4.79 Å². The number of anilines is 1. The lowest BCUT2D eigenvalue weighted by atomic mass is 9.86. The number of aromatic nitrogens is 4. The number of hydrogen-bond donors (Lipinski definition) is 3. The van der Waals surface area contributed by atoms with Crippen LogP contribution in [-0.2, 0) is 10.3 Å². The molecule has 222 valence electrons. The van der Waals surface area contributed by atoms with Crippen molar-refractivity contribution in [3.63, 3.8) is 0 Å². The predicted molar refractivity (Wildman–Crippen MR) is 161 cm³/mol. The Morgan fingerprint density at radius 3 is 2.56 bits per heavy atom. The van der Waals surface area contributed by atoms with Crippen LogP contribution in [0.5, 0.6) is 5.75 Å². The molecule has 11 heteroatoms. The molecule has 2 aromatic carbocycles. The van der Waals surface area contributed by atoms with Gasteiger partial charge in [-0.1, -0.05) is 24.3 Å². The van der Waals surface area contributed by atoms with Crippen molar-refractivity contribution in [1.29, 1.82) is 0 Å². The van der Waals surface area contributed by atoms with E-state index in [1.807, 2.05) is 75.4 Å². The summed E-state index contributed by atoms with van der Waals surface area (Å²) in [5, 5.41) is 15.7. The largest absolute Gasteiger partial charge is 0.491 e. The van der Waals surface area contributed by atoms with Gasteiger partial charge in [0.25, 0.3) is 5.91 Å². The van der Waals surface area contributed by atoms with Crippen molar-refractivity contribution >= 4 is 17.7 Å². The van der Waals surface area contributed by atoms with Crippen molar-refractivity contribution in [3.8, 4) is 17.1 Å². The van der Waals surface area contributed by atoms with Gasteiger partial charge in [0.2, 0.25) is 0 Å². The summed E-state index contributed by atoms with van der Waals surface area (Å²) in [6.07, 6.45) is 4.16. The van der Waals surface area contributed by atoms with Crippen molar-refractivity contribution < 1.29 is 19.1 Å². The normalized spacial score (nSPS) is 17.5. The fraction of sp³-hybridized carbons (Fsp3) is 0.344. The lowest BCUT2D eigenvalue weighted by Gasteiger charge is -2.41. The fourth-order valence-electron chi connectivity index (χ4n) is 5.47. The van der Waals surface area contributed by atoms with Gasteiger partial charge in [-0.2, -0.15) is 0 Å². The molecule has 4 aromatic rings. The minimum Gasteiger partial charge on any atom is -0.491 e. The molecular formula is C32H35N7O4. The van der Waals surface area contributed by atoms with Crippen molar-refractivity contribution in [3.05, 3.63) is 90.0 Å². The van der Waals surface area contributed by atoms with Crippen LogP contribution >= 0.6 is 0 Å². The highest BCUT2D eigenvalue weighted by atomic mass is 16.6. The quantitative estimate of drug-likeness (QED) is 0.287. The number of ether oxygens (including phenoxy) is 2. The zero-order chi connectivity index (χ0) is 30.0. The summed E-state index contributed by atoms with van der Waals surface area (Å²) >= 11 is 0. The van der Waals surface area contributed by atoms with Crippen LogP contribution in [0.1, 0.15) is 61.4 Å². The van der Waals surface area contributed by atoms with Gasteiger partial charge in [0.1, 0.15) is 23.5 Å². The van der Waals surface area contributed by atoms with Crippen molar-refractivity contribution in [2.75, 3.05) is 25.0 Å². The van der Waals surface area contributed by atoms with Crippen molar-refractivity contribution in [2.24, 2.45) is 0 Å². The second kappa shape index (κ2) is 11.4. The highest BCUT2D eigenvalue weighted by Crippen LogP contribution is 2.37. The monoisotopic (exact) mass is 581 g/mol. The fourth-order valence-corrected chi connectivity index (χ4v) is 5.47. The molecule has 0 spiro atoms. The zero-order valence-corrected chi connectivity index (χ0v) is 24.5. The van der Waals surface area contributed by atoms with Gasteiger partial charge in [-0.05, 0) is 70.0 Å². The number of amides is 2. The van der Waals surface area contributed by atoms with Crippen LogP contribution in [0.25, 0.3) is 11.4 Å². The molecule has 1 atom stereocenters. The Bertz CT molecular complexity index is 1610. The van der Waals surface area contributed by atoms with E-state index in [1.54, 1.807) is 23.4 Å². The molecule has 1 saturated heterocycles. The molecule has 0 unspecified atom stereocenters. The Balaban J connectivity index is 1.24. The molecule has 0 radical (unpaired) electrons. The molecule has 0 aliphatic carbocycles. The van der Waals surface area contributed by atoms with E-state index in [0.717, 1.165) is 22.6 Å². The molecular weight excluding hydrogens is 546 g/mol. The average Bonchev–Trinajstić information content (AvgIpc) is 3.66. The molecule has 3 N–H and O–H groups in total. The van der Waals surface area contributed by atoms with Crippen LogP contribution in [-0.4, -0.2) is 62.4 Å². The van der Waals surface area contributed by atoms with E-state index in [9.17, 15) is 9.59 Å². The van der Waals surface area contributed by atoms with Crippen LogP contribution < -0.4 is 15.4 Å². The number of hydrogen-bond acceptors (Lipinski definition) is 8. The Morgan fingerprint density at radius 2 is 1.79 bits per heavy atom. The van der Waals surface area contributed by atoms with E-state index in [1.165, 1.54) is 0 Å². The standard InChI is InChI=1S/C32H35N7O4/c1-31(2,3)43-30(41)39-17-13-32(14-18-39,29-35-27(37-38-29)21-11-15-33-16-12-21)36-23-8-6-7-22(19-23)28(40)34-25-20-42-26-10-5-4-9-24(25)26/h4-12,15-16,19,25,36H,13-14,17-18,20H2,1-3H3,(H,34,40)(H,35,37,38)/t25-/m0/s1. The van der Waals surface area contributed by atoms with Gasteiger partial charge in [-0.3, -0.25) is 9.78 Å². The van der Waals surface area contributed by atoms with Gasteiger partial charge in [0.05, 0.1) is 6.04 Å². The second-order valence-corrected chi connectivity index (χ2v) is 11.9. The number of H-pyrrole nitrogens is 1. The molecule has 2 aliphatic rings. The third kappa shape index (κ3) is 6.15. The smallest absolute Gasteiger partial charge is 0.410 e. The zero-order valence-electron chi connectivity index (χ0n) is 24.5. The molecule has 11 nitrogen and oxygen atoms in total. The number of nitrogens with one attached hydrogen (secondary N) is 3. The molecule has 0 saturated carbocycles. The van der Waals surface area contributed by atoms with Crippen molar-refractivity contribution in [2.45, 2.75) is 50.8 Å². The number of aromatic amines is 1. The first-order valence-corrected chi connectivity index (χ1v) is 14.4. The van der Waals surface area contributed by atoms with E-state index in [2.05, 4.69) is 30.8 Å². The molecule has 4 heterocycles. The first kappa shape index (κ1) is 28.2. The number of carbonyl (C=O) groups is 2. The van der Waals surface area contributed by atoms with E-state index in [0.29, 0.717) is 49.8 Å². The number of pyridine rings is 1. The molecule has 2 amide bonds. The third-order valence-electron chi connectivity index (χ3n) is 7.68. The number of piperidine rings is 1. The number of nitrogens with zero attached hydrogens (tertiary/aromatic N) is 4. The Kier molecular flexibility index (Phi) is 7.47. The van der Waals surface area contributed by atoms with Crippen LogP contribution in [0.4, 0.5) is 10.5 Å². The summed E-state index contributed by atoms with van der Waals surface area (Å²) in [7, 11) is 0. The summed E-state index contributed by atoms with van der Waals surface area (Å²) in [5.41, 5.74) is 1.85. The summed E-state index contributed by atoms with van der Waals surface area (Å²) in [6.45, 7) is 6.88. The van der Waals surface area contributed by atoms with Crippen LogP contribution in [0.2, 0.25) is 0 Å². The van der Waals surface area contributed by atoms with Gasteiger partial charge in [-0.15, -0.1) is 10.2 Å². The lowest BCUT2D eigenvalue weighted by Crippen LogP contribution is -2.50. The van der Waals surface area contributed by atoms with Crippen molar-refractivity contribution in [1.82, 2.24) is 30.4 Å². The Morgan fingerprint density at radius 1 is 1.02 bits per heavy atom. The number of para-hydroxylation sites is 1. The van der Waals surface area contributed by atoms with E-state index < -0.39 is 11.1 Å².